The summed E-state index contributed by atoms with van der Waals surface area (Å²) >= 11 is 0. The van der Waals surface area contributed by atoms with Crippen LogP contribution in [0.3, 0.4) is 0 Å². The summed E-state index contributed by atoms with van der Waals surface area (Å²) in [4.78, 5) is 30.5. The largest absolute Gasteiger partial charge is 0.474 e. The van der Waals surface area contributed by atoms with E-state index in [1.165, 1.54) is 6.20 Å². The Morgan fingerprint density at radius 2 is 1.81 bits per heavy atom. The average Bonchev–Trinajstić information content (AvgIpc) is 3.07. The van der Waals surface area contributed by atoms with Crippen molar-refractivity contribution in [2.24, 2.45) is 0 Å². The molecule has 4 rings (SSSR count). The number of benzene rings is 1. The minimum Gasteiger partial charge on any atom is -0.474 e. The van der Waals surface area contributed by atoms with E-state index in [9.17, 15) is 31.5 Å². The molecular formula is C20H15F5N4O3. The van der Waals surface area contributed by atoms with Crippen LogP contribution < -0.4 is 15.4 Å². The van der Waals surface area contributed by atoms with Gasteiger partial charge in [0.15, 0.2) is 11.6 Å². The molecule has 0 spiro atoms. The fourth-order valence-corrected chi connectivity index (χ4v) is 3.22. The zero-order valence-corrected chi connectivity index (χ0v) is 16.1. The topological polar surface area (TPSA) is 96.1 Å². The van der Waals surface area contributed by atoms with E-state index >= 15 is 0 Å². The van der Waals surface area contributed by atoms with E-state index in [-0.39, 0.29) is 34.6 Å². The van der Waals surface area contributed by atoms with Gasteiger partial charge >= 0.3 is 18.0 Å². The van der Waals surface area contributed by atoms with Gasteiger partial charge in [0.1, 0.15) is 6.10 Å². The maximum absolute atomic E-state index is 13.4. The summed E-state index contributed by atoms with van der Waals surface area (Å²) < 4.78 is 69.8. The Kier molecular flexibility index (Phi) is 5.45. The van der Waals surface area contributed by atoms with Crippen LogP contribution in [0.5, 0.6) is 5.88 Å². The van der Waals surface area contributed by atoms with Gasteiger partial charge in [0.2, 0.25) is 5.88 Å². The van der Waals surface area contributed by atoms with E-state index < -0.39 is 35.2 Å². The number of carbonyl (C=O) groups is 2. The van der Waals surface area contributed by atoms with E-state index in [1.54, 1.807) is 0 Å². The van der Waals surface area contributed by atoms with Crippen LogP contribution in [-0.2, 0) is 15.8 Å². The molecule has 0 radical (unpaired) electrons. The SMILES string of the molecule is O=C(Nc1c[nH]c2cc(F)c(F)cc12)C(=O)NC1CC(Oc2ccc(C(F)(F)F)cn2)C1. The van der Waals surface area contributed by atoms with Crippen LogP contribution in [-0.4, -0.2) is 33.9 Å². The first-order valence-corrected chi connectivity index (χ1v) is 9.38. The number of hydrogen-bond acceptors (Lipinski definition) is 4. The van der Waals surface area contributed by atoms with Crippen LogP contribution in [0, 0.1) is 11.6 Å². The Balaban J connectivity index is 1.27. The monoisotopic (exact) mass is 454 g/mol. The molecule has 12 heteroatoms. The predicted molar refractivity (Wildman–Crippen MR) is 102 cm³/mol. The van der Waals surface area contributed by atoms with Crippen molar-refractivity contribution in [2.45, 2.75) is 31.2 Å². The molecule has 1 aliphatic rings. The van der Waals surface area contributed by atoms with Crippen molar-refractivity contribution >= 4 is 28.4 Å². The second-order valence-electron chi connectivity index (χ2n) is 7.23. The molecule has 3 N–H and O–H groups in total. The fraction of sp³-hybridized carbons (Fsp3) is 0.250. The third kappa shape index (κ3) is 4.48. The third-order valence-corrected chi connectivity index (χ3v) is 4.96. The molecule has 0 atom stereocenters. The number of aromatic amines is 1. The van der Waals surface area contributed by atoms with Gasteiger partial charge in [-0.2, -0.15) is 13.2 Å². The van der Waals surface area contributed by atoms with E-state index in [0.717, 1.165) is 24.3 Å². The number of pyridine rings is 1. The number of amides is 2. The van der Waals surface area contributed by atoms with Crippen molar-refractivity contribution in [3.8, 4) is 5.88 Å². The van der Waals surface area contributed by atoms with Gasteiger partial charge in [0, 0.05) is 48.8 Å². The average molecular weight is 454 g/mol. The number of aromatic nitrogens is 2. The number of carbonyl (C=O) groups excluding carboxylic acids is 2. The molecular weight excluding hydrogens is 439 g/mol. The Bertz CT molecular complexity index is 1170. The molecule has 1 fully saturated rings. The number of ether oxygens (including phenoxy) is 1. The summed E-state index contributed by atoms with van der Waals surface area (Å²) in [5.74, 6) is -4.06. The van der Waals surface area contributed by atoms with E-state index in [1.807, 2.05) is 0 Å². The molecule has 3 aromatic rings. The van der Waals surface area contributed by atoms with Crippen LogP contribution >= 0.6 is 0 Å². The van der Waals surface area contributed by atoms with Crippen LogP contribution in [0.25, 0.3) is 10.9 Å². The maximum atomic E-state index is 13.4. The van der Waals surface area contributed by atoms with Gasteiger partial charge in [-0.05, 0) is 12.1 Å². The van der Waals surface area contributed by atoms with Crippen molar-refractivity contribution in [1.29, 1.82) is 0 Å². The first kappa shape index (κ1) is 21.5. The minimum absolute atomic E-state index is 0.0218. The van der Waals surface area contributed by atoms with Crippen LogP contribution in [0.2, 0.25) is 0 Å². The molecule has 1 aliphatic carbocycles. The fourth-order valence-electron chi connectivity index (χ4n) is 3.22. The molecule has 168 valence electrons. The summed E-state index contributed by atoms with van der Waals surface area (Å²) in [6, 6.07) is 3.42. The lowest BCUT2D eigenvalue weighted by Crippen LogP contribution is -2.51. The van der Waals surface area contributed by atoms with Gasteiger partial charge in [0.25, 0.3) is 0 Å². The number of anilines is 1. The highest BCUT2D eigenvalue weighted by Crippen LogP contribution is 2.31. The lowest BCUT2D eigenvalue weighted by molar-refractivity contribution is -0.137. The Morgan fingerprint density at radius 3 is 2.47 bits per heavy atom. The highest BCUT2D eigenvalue weighted by molar-refractivity contribution is 6.40. The number of halogens is 5. The Morgan fingerprint density at radius 1 is 1.09 bits per heavy atom. The zero-order chi connectivity index (χ0) is 23.0. The highest BCUT2D eigenvalue weighted by atomic mass is 19.4. The van der Waals surface area contributed by atoms with Gasteiger partial charge in [-0.15, -0.1) is 0 Å². The number of alkyl halides is 3. The highest BCUT2D eigenvalue weighted by Gasteiger charge is 2.34. The summed E-state index contributed by atoms with van der Waals surface area (Å²) in [7, 11) is 0. The molecule has 32 heavy (non-hydrogen) atoms. The second-order valence-corrected chi connectivity index (χ2v) is 7.23. The number of nitrogens with zero attached hydrogens (tertiary/aromatic N) is 1. The van der Waals surface area contributed by atoms with Crippen LogP contribution in [0.4, 0.5) is 27.6 Å². The van der Waals surface area contributed by atoms with Crippen molar-refractivity contribution < 1.29 is 36.3 Å². The molecule has 2 amide bonds. The van der Waals surface area contributed by atoms with Crippen LogP contribution in [0.1, 0.15) is 18.4 Å². The normalized spacial score (nSPS) is 18.2. The Labute approximate surface area is 177 Å². The number of H-pyrrole nitrogens is 1. The standard InChI is InChI=1S/C20H15F5N4O3/c21-13-5-12-15(6-14(13)22)26-8-16(12)29-19(31)18(30)28-10-3-11(4-10)32-17-2-1-9(7-27-17)20(23,24)25/h1-2,5-8,10-11,26H,3-4H2,(H,28,30)(H,29,31). The number of fused-ring (bicyclic) bond motifs is 1. The predicted octanol–water partition coefficient (Wildman–Crippen LogP) is 3.52. The Hall–Kier alpha value is -3.70. The second kappa shape index (κ2) is 8.09. The zero-order valence-electron chi connectivity index (χ0n) is 16.1. The third-order valence-electron chi connectivity index (χ3n) is 4.96. The summed E-state index contributed by atoms with van der Waals surface area (Å²) in [5.41, 5.74) is -0.532. The van der Waals surface area contributed by atoms with Gasteiger partial charge in [0.05, 0.1) is 16.8 Å². The first-order valence-electron chi connectivity index (χ1n) is 9.38. The molecule has 0 unspecified atom stereocenters. The van der Waals surface area contributed by atoms with Crippen molar-refractivity contribution in [3.63, 3.8) is 0 Å². The van der Waals surface area contributed by atoms with E-state index in [4.69, 9.17) is 4.74 Å². The molecule has 0 bridgehead atoms. The van der Waals surface area contributed by atoms with Gasteiger partial charge < -0.3 is 20.4 Å². The van der Waals surface area contributed by atoms with Crippen molar-refractivity contribution in [3.05, 3.63) is 53.9 Å². The smallest absolute Gasteiger partial charge is 0.417 e. The molecule has 1 aromatic carbocycles. The molecule has 7 nitrogen and oxygen atoms in total. The van der Waals surface area contributed by atoms with Gasteiger partial charge in [-0.3, -0.25) is 9.59 Å². The number of nitrogens with one attached hydrogen (secondary N) is 3. The summed E-state index contributed by atoms with van der Waals surface area (Å²) in [5, 5.41) is 5.03. The molecule has 2 heterocycles. The maximum Gasteiger partial charge on any atom is 0.417 e. The minimum atomic E-state index is -4.49. The number of rotatable bonds is 4. The van der Waals surface area contributed by atoms with Crippen LogP contribution in [0.15, 0.2) is 36.7 Å². The summed E-state index contributed by atoms with van der Waals surface area (Å²) in [6.45, 7) is 0. The van der Waals surface area contributed by atoms with E-state index in [0.29, 0.717) is 19.0 Å². The van der Waals surface area contributed by atoms with Crippen molar-refractivity contribution in [1.82, 2.24) is 15.3 Å². The van der Waals surface area contributed by atoms with E-state index in [2.05, 4.69) is 20.6 Å². The lowest BCUT2D eigenvalue weighted by atomic mass is 9.89. The molecule has 0 saturated heterocycles. The first-order chi connectivity index (χ1) is 15.1. The van der Waals surface area contributed by atoms with Gasteiger partial charge in [-0.1, -0.05) is 0 Å². The van der Waals surface area contributed by atoms with Crippen molar-refractivity contribution in [2.75, 3.05) is 5.32 Å². The number of hydrogen-bond donors (Lipinski definition) is 3. The quantitative estimate of drug-likeness (QED) is 0.415. The lowest BCUT2D eigenvalue weighted by Gasteiger charge is -2.35. The van der Waals surface area contributed by atoms with Gasteiger partial charge in [-0.25, -0.2) is 13.8 Å². The molecule has 2 aromatic heterocycles. The molecule has 1 saturated carbocycles. The summed E-state index contributed by atoms with van der Waals surface area (Å²) in [6.07, 6.45) is -2.23. The molecule has 0 aliphatic heterocycles.